The molecule has 0 aromatic rings. The molecule has 4 heterocycles. The fraction of sp³-hybridized carbons (Fsp3) is 0.939. The molecule has 0 aromatic heterocycles. The van der Waals surface area contributed by atoms with Gasteiger partial charge in [-0.2, -0.15) is 0 Å². The van der Waals surface area contributed by atoms with Crippen molar-refractivity contribution in [1.82, 2.24) is 9.80 Å². The molecule has 4 fully saturated rings. The molecular weight excluding hydrogens is 456 g/mol. The maximum Gasteiger partial charge on any atom is 0.229 e. The van der Waals surface area contributed by atoms with Crippen LogP contribution in [0.1, 0.15) is 136 Å². The molecule has 0 radical (unpaired) electrons. The van der Waals surface area contributed by atoms with Crippen LogP contribution in [0, 0.1) is 37.9 Å². The van der Waals surface area contributed by atoms with Gasteiger partial charge in [-0.1, -0.05) is 96.9 Å². The molecule has 2 amide bonds. The van der Waals surface area contributed by atoms with E-state index < -0.39 is 0 Å². The number of amides is 2. The topological polar surface area (TPSA) is 40.6 Å². The highest BCUT2D eigenvalue weighted by Crippen LogP contribution is 2.65. The predicted molar refractivity (Wildman–Crippen MR) is 155 cm³/mol. The van der Waals surface area contributed by atoms with Crippen LogP contribution in [0.4, 0.5) is 0 Å². The largest absolute Gasteiger partial charge is 0.336 e. The van der Waals surface area contributed by atoms with Gasteiger partial charge in [0.2, 0.25) is 11.8 Å². The van der Waals surface area contributed by atoms with Gasteiger partial charge >= 0.3 is 0 Å². The average molecular weight is 517 g/mol. The van der Waals surface area contributed by atoms with Crippen molar-refractivity contribution in [1.29, 1.82) is 0 Å². The van der Waals surface area contributed by atoms with Crippen LogP contribution in [-0.2, 0) is 9.59 Å². The molecule has 4 saturated heterocycles. The van der Waals surface area contributed by atoms with Crippen molar-refractivity contribution >= 4 is 11.8 Å². The summed E-state index contributed by atoms with van der Waals surface area (Å²) in [5, 5.41) is 0. The van der Waals surface area contributed by atoms with Crippen LogP contribution in [0.15, 0.2) is 0 Å². The average Bonchev–Trinajstić information content (AvgIpc) is 2.84. The van der Waals surface area contributed by atoms with Crippen LogP contribution in [-0.4, -0.2) is 45.8 Å². The summed E-state index contributed by atoms with van der Waals surface area (Å²) in [6.07, 6.45) is 4.65. The molecule has 0 spiro atoms. The molecule has 0 saturated carbocycles. The van der Waals surface area contributed by atoms with E-state index in [1.165, 1.54) is 12.8 Å². The Balaban J connectivity index is 0.000000208. The number of nitrogens with zero attached hydrogens (tertiary/aromatic N) is 2. The normalized spacial score (nSPS) is 37.7. The second-order valence-corrected chi connectivity index (χ2v) is 17.8. The second-order valence-electron chi connectivity index (χ2n) is 17.8. The van der Waals surface area contributed by atoms with Crippen molar-refractivity contribution in [3.05, 3.63) is 0 Å². The molecule has 4 rings (SSSR count). The van der Waals surface area contributed by atoms with E-state index in [1.807, 2.05) is 0 Å². The maximum atomic E-state index is 13.2. The summed E-state index contributed by atoms with van der Waals surface area (Å²) >= 11 is 0. The Morgan fingerprint density at radius 2 is 0.730 bits per heavy atom. The van der Waals surface area contributed by atoms with E-state index in [1.54, 1.807) is 0 Å². The molecule has 4 nitrogen and oxygen atoms in total. The molecule has 0 bridgehead atoms. The Bertz CT molecular complexity index is 967. The fourth-order valence-electron chi connectivity index (χ4n) is 8.03. The Morgan fingerprint density at radius 3 is 1.08 bits per heavy atom. The van der Waals surface area contributed by atoms with Crippen molar-refractivity contribution in [3.63, 3.8) is 0 Å². The summed E-state index contributed by atoms with van der Waals surface area (Å²) < 4.78 is 0. The van der Waals surface area contributed by atoms with Crippen LogP contribution in [0.2, 0.25) is 0 Å². The third-order valence-corrected chi connectivity index (χ3v) is 13.9. The number of carbonyl (C=O) groups excluding carboxylic acids is 2. The van der Waals surface area contributed by atoms with Gasteiger partial charge in [-0.25, -0.2) is 0 Å². The highest BCUT2D eigenvalue weighted by atomic mass is 16.2. The first-order valence-corrected chi connectivity index (χ1v) is 14.8. The van der Waals surface area contributed by atoms with Crippen LogP contribution in [0.3, 0.4) is 0 Å². The van der Waals surface area contributed by atoms with E-state index in [4.69, 9.17) is 0 Å². The van der Waals surface area contributed by atoms with E-state index >= 15 is 0 Å². The van der Waals surface area contributed by atoms with Gasteiger partial charge in [0.1, 0.15) is 0 Å². The Morgan fingerprint density at radius 1 is 0.432 bits per heavy atom. The van der Waals surface area contributed by atoms with Crippen molar-refractivity contribution < 1.29 is 9.59 Å². The highest BCUT2D eigenvalue weighted by Gasteiger charge is 2.68. The molecule has 4 aliphatic rings. The summed E-state index contributed by atoms with van der Waals surface area (Å²) in [7, 11) is 0. The van der Waals surface area contributed by atoms with E-state index in [0.717, 1.165) is 25.9 Å². The van der Waals surface area contributed by atoms with Crippen molar-refractivity contribution in [2.24, 2.45) is 37.9 Å². The van der Waals surface area contributed by atoms with E-state index in [-0.39, 0.29) is 49.0 Å². The monoisotopic (exact) mass is 516 g/mol. The van der Waals surface area contributed by atoms with Crippen LogP contribution < -0.4 is 0 Å². The zero-order valence-electron chi connectivity index (χ0n) is 27.5. The zero-order chi connectivity index (χ0) is 29.1. The molecule has 214 valence electrons. The van der Waals surface area contributed by atoms with Crippen LogP contribution >= 0.6 is 0 Å². The number of hydrogen-bond acceptors (Lipinski definition) is 2. The van der Waals surface area contributed by atoms with Crippen LogP contribution in [0.25, 0.3) is 0 Å². The molecule has 4 heteroatoms. The summed E-state index contributed by atoms with van der Waals surface area (Å²) in [5.41, 5.74) is 0.0487. The minimum Gasteiger partial charge on any atom is -0.336 e. The number of rotatable bonds is 0. The van der Waals surface area contributed by atoms with Gasteiger partial charge in [0.25, 0.3) is 0 Å². The maximum absolute atomic E-state index is 13.2. The summed E-state index contributed by atoms with van der Waals surface area (Å²) in [6.45, 7) is 37.9. The van der Waals surface area contributed by atoms with E-state index in [0.29, 0.717) is 11.8 Å². The smallest absolute Gasteiger partial charge is 0.229 e. The van der Waals surface area contributed by atoms with Crippen LogP contribution in [0.5, 0.6) is 0 Å². The van der Waals surface area contributed by atoms with Gasteiger partial charge in [-0.3, -0.25) is 9.59 Å². The summed E-state index contributed by atoms with van der Waals surface area (Å²) in [5.74, 6) is 0.690. The van der Waals surface area contributed by atoms with E-state index in [9.17, 15) is 9.59 Å². The molecule has 2 unspecified atom stereocenters. The molecule has 0 aromatic carbocycles. The highest BCUT2D eigenvalue weighted by molar-refractivity contribution is 5.87. The number of fused-ring (bicyclic) bond motifs is 2. The lowest BCUT2D eigenvalue weighted by Gasteiger charge is -2.70. The lowest BCUT2D eigenvalue weighted by Crippen LogP contribution is -2.75. The third kappa shape index (κ3) is 3.80. The van der Waals surface area contributed by atoms with Gasteiger partial charge in [-0.05, 0) is 61.2 Å². The molecule has 0 N–H and O–H groups in total. The number of hydrogen-bond donors (Lipinski definition) is 0. The summed E-state index contributed by atoms with van der Waals surface area (Å²) in [4.78, 5) is 30.3. The minimum absolute atomic E-state index is 0.0240. The van der Waals surface area contributed by atoms with Crippen molar-refractivity contribution in [2.75, 3.05) is 13.1 Å². The first-order chi connectivity index (χ1) is 16.2. The SMILES string of the molecule is CC1(C)CCC2(C)N(C1)C(=O)C(C)(C)C(C)(C)C2(C)C.CC1(C)CCC2(C)N(C1)C(=O)C(C)(C)C2(C)C. The van der Waals surface area contributed by atoms with Crippen molar-refractivity contribution in [2.45, 2.75) is 148 Å². The summed E-state index contributed by atoms with van der Waals surface area (Å²) in [6, 6.07) is 0. The third-order valence-electron chi connectivity index (χ3n) is 13.9. The Labute approximate surface area is 229 Å². The number of carbonyl (C=O) groups is 2. The van der Waals surface area contributed by atoms with E-state index in [2.05, 4.69) is 121 Å². The van der Waals surface area contributed by atoms with Gasteiger partial charge in [0.15, 0.2) is 0 Å². The molecular formula is C33H60N2O2. The molecule has 37 heavy (non-hydrogen) atoms. The number of piperidine rings is 3. The molecule has 4 aliphatic heterocycles. The Hall–Kier alpha value is -1.06. The fourth-order valence-corrected chi connectivity index (χ4v) is 8.03. The van der Waals surface area contributed by atoms with Gasteiger partial charge < -0.3 is 9.80 Å². The predicted octanol–water partition coefficient (Wildman–Crippen LogP) is 7.95. The van der Waals surface area contributed by atoms with Gasteiger partial charge in [0, 0.05) is 35.0 Å². The lowest BCUT2D eigenvalue weighted by molar-refractivity contribution is -0.216. The van der Waals surface area contributed by atoms with Crippen molar-refractivity contribution in [3.8, 4) is 0 Å². The van der Waals surface area contributed by atoms with Gasteiger partial charge in [0.05, 0.1) is 5.41 Å². The first-order valence-electron chi connectivity index (χ1n) is 14.8. The minimum atomic E-state index is -0.316. The second kappa shape index (κ2) is 8.00. The first kappa shape index (κ1) is 30.5. The quantitative estimate of drug-likeness (QED) is 0.328. The Kier molecular flexibility index (Phi) is 6.59. The molecule has 2 atom stereocenters. The standard InChI is InChI=1S/C18H33NO.C15H27NO/c1-14(2)10-11-18(9)17(7,8)16(5,6)15(3,4)13(20)19(18)12-14;1-12(2)8-9-15(7)14(5,6)13(3,4)11(17)16(15)10-12/h10-12H2,1-9H3;8-10H2,1-7H3. The van der Waals surface area contributed by atoms with Gasteiger partial charge in [-0.15, -0.1) is 0 Å². The zero-order valence-corrected chi connectivity index (χ0v) is 27.5. The lowest BCUT2D eigenvalue weighted by atomic mass is 9.44. The molecule has 0 aliphatic carbocycles.